The van der Waals surface area contributed by atoms with E-state index in [1.165, 1.54) is 122 Å². The molecule has 17 nitrogen and oxygen atoms in total. The summed E-state index contributed by atoms with van der Waals surface area (Å²) in [6.07, 6.45) is 39.1. The van der Waals surface area contributed by atoms with Crippen molar-refractivity contribution in [2.24, 2.45) is 5.92 Å². The van der Waals surface area contributed by atoms with Crippen molar-refractivity contribution in [1.29, 1.82) is 0 Å². The minimum Gasteiger partial charge on any atom is -0.462 e. The standard InChI is InChI=1S/C62H120O17P2/c1-6-9-12-15-18-21-22-23-24-25-26-28-31-38-43-48-62(67)79-58(52-73-60(65)46-41-36-33-32-34-39-44-55(4)5)54-77-81(70,71)75-50-56(63)49-74-80(68,69)76-53-57(51-72-59(64)45-40-35-29-20-17-14-11-8-3)78-61(66)47-42-37-30-27-19-16-13-10-7-2/h55-58,63H,6-54H2,1-5H3,(H,68,69)(H,70,71)/t56-,57+,58+/m0/s1. The van der Waals surface area contributed by atoms with Gasteiger partial charge in [0.25, 0.3) is 0 Å². The first-order valence-electron chi connectivity index (χ1n) is 32.6. The zero-order chi connectivity index (χ0) is 59.9. The maximum atomic E-state index is 12.9. The van der Waals surface area contributed by atoms with Gasteiger partial charge in [0.15, 0.2) is 12.2 Å². The van der Waals surface area contributed by atoms with Gasteiger partial charge in [-0.15, -0.1) is 0 Å². The van der Waals surface area contributed by atoms with E-state index in [0.29, 0.717) is 31.6 Å². The minimum absolute atomic E-state index is 0.105. The molecule has 0 rings (SSSR count). The fraction of sp³-hybridized carbons (Fsp3) is 0.935. The number of esters is 4. The van der Waals surface area contributed by atoms with Gasteiger partial charge in [0.05, 0.1) is 26.4 Å². The van der Waals surface area contributed by atoms with Crippen LogP contribution in [0.2, 0.25) is 0 Å². The Morgan fingerprint density at radius 2 is 0.568 bits per heavy atom. The van der Waals surface area contributed by atoms with Gasteiger partial charge in [0.2, 0.25) is 0 Å². The highest BCUT2D eigenvalue weighted by atomic mass is 31.2. The molecule has 0 aromatic heterocycles. The monoisotopic (exact) mass is 1200 g/mol. The third kappa shape index (κ3) is 56.9. The normalized spacial score (nSPS) is 14.3. The molecule has 19 heteroatoms. The Balaban J connectivity index is 5.19. The van der Waals surface area contributed by atoms with E-state index in [9.17, 15) is 43.2 Å². The SMILES string of the molecule is CCCCCCCCCCCCCCCCCC(=O)O[C@H](COC(=O)CCCCCCCCC(C)C)COP(=O)(O)OC[C@@H](O)COP(=O)(O)OC[C@@H](COC(=O)CCCCCCCCCC)OC(=O)CCCCCCCCCCC. The molecule has 0 fully saturated rings. The molecule has 0 aromatic rings. The molecule has 0 amide bonds. The van der Waals surface area contributed by atoms with E-state index >= 15 is 0 Å². The van der Waals surface area contributed by atoms with Gasteiger partial charge >= 0.3 is 39.5 Å². The fourth-order valence-electron chi connectivity index (χ4n) is 9.23. The highest BCUT2D eigenvalue weighted by molar-refractivity contribution is 7.47. The van der Waals surface area contributed by atoms with Crippen molar-refractivity contribution >= 4 is 39.5 Å². The third-order valence-electron chi connectivity index (χ3n) is 14.3. The molecular formula is C62H120O17P2. The molecule has 0 aliphatic carbocycles. The van der Waals surface area contributed by atoms with Crippen molar-refractivity contribution in [1.82, 2.24) is 0 Å². The van der Waals surface area contributed by atoms with Gasteiger partial charge in [-0.3, -0.25) is 37.3 Å². The van der Waals surface area contributed by atoms with Crippen molar-refractivity contribution < 1.29 is 80.2 Å². The maximum Gasteiger partial charge on any atom is 0.472 e. The quantitative estimate of drug-likeness (QED) is 0.0222. The Kier molecular flexibility index (Phi) is 54.6. The summed E-state index contributed by atoms with van der Waals surface area (Å²) in [6, 6.07) is 0. The molecule has 0 aliphatic rings. The second kappa shape index (κ2) is 55.9. The Morgan fingerprint density at radius 1 is 0.333 bits per heavy atom. The molecule has 0 bridgehead atoms. The highest BCUT2D eigenvalue weighted by Gasteiger charge is 2.30. The van der Waals surface area contributed by atoms with Crippen LogP contribution in [0.4, 0.5) is 0 Å². The topological polar surface area (TPSA) is 237 Å². The van der Waals surface area contributed by atoms with Crippen LogP contribution in [-0.2, 0) is 65.4 Å². The van der Waals surface area contributed by atoms with Gasteiger partial charge in [0.1, 0.15) is 19.3 Å². The molecular weight excluding hydrogens is 1080 g/mol. The van der Waals surface area contributed by atoms with Gasteiger partial charge < -0.3 is 33.8 Å². The predicted molar refractivity (Wildman–Crippen MR) is 322 cm³/mol. The maximum absolute atomic E-state index is 12.9. The smallest absolute Gasteiger partial charge is 0.462 e. The third-order valence-corrected chi connectivity index (χ3v) is 16.2. The summed E-state index contributed by atoms with van der Waals surface area (Å²) < 4.78 is 67.8. The zero-order valence-corrected chi connectivity index (χ0v) is 53.7. The number of phosphoric acid groups is 2. The molecule has 3 N–H and O–H groups in total. The summed E-state index contributed by atoms with van der Waals surface area (Å²) in [4.78, 5) is 72.0. The Morgan fingerprint density at radius 3 is 0.840 bits per heavy atom. The Bertz CT molecular complexity index is 1580. The van der Waals surface area contributed by atoms with Crippen molar-refractivity contribution in [2.45, 2.75) is 329 Å². The van der Waals surface area contributed by atoms with Crippen molar-refractivity contribution in [3.05, 3.63) is 0 Å². The first-order valence-corrected chi connectivity index (χ1v) is 35.6. The lowest BCUT2D eigenvalue weighted by Crippen LogP contribution is -2.30. The number of phosphoric ester groups is 2. The van der Waals surface area contributed by atoms with Gasteiger partial charge in [-0.1, -0.05) is 259 Å². The number of hydrogen-bond donors (Lipinski definition) is 3. The number of hydrogen-bond acceptors (Lipinski definition) is 15. The highest BCUT2D eigenvalue weighted by Crippen LogP contribution is 2.45. The van der Waals surface area contributed by atoms with E-state index in [2.05, 4.69) is 34.6 Å². The number of aliphatic hydroxyl groups is 1. The van der Waals surface area contributed by atoms with Crippen LogP contribution in [0.3, 0.4) is 0 Å². The number of carbonyl (C=O) groups excluding carboxylic acids is 4. The lowest BCUT2D eigenvalue weighted by Gasteiger charge is -2.21. The summed E-state index contributed by atoms with van der Waals surface area (Å²) in [5, 5.41) is 10.5. The van der Waals surface area contributed by atoms with Crippen LogP contribution < -0.4 is 0 Å². The summed E-state index contributed by atoms with van der Waals surface area (Å²) in [7, 11) is -9.88. The second-order valence-electron chi connectivity index (χ2n) is 22.9. The first-order chi connectivity index (χ1) is 39.0. The van der Waals surface area contributed by atoms with Crippen LogP contribution in [0, 0.1) is 5.92 Å². The van der Waals surface area contributed by atoms with E-state index in [0.717, 1.165) is 103 Å². The number of rotatable bonds is 62. The minimum atomic E-state index is -4.94. The zero-order valence-electron chi connectivity index (χ0n) is 51.9. The molecule has 0 spiro atoms. The molecule has 0 saturated carbocycles. The number of ether oxygens (including phenoxy) is 4. The van der Waals surface area contributed by atoms with E-state index in [4.69, 9.17) is 37.0 Å². The van der Waals surface area contributed by atoms with Crippen LogP contribution in [-0.4, -0.2) is 96.7 Å². The van der Waals surface area contributed by atoms with Crippen LogP contribution >= 0.6 is 15.6 Å². The van der Waals surface area contributed by atoms with E-state index < -0.39 is 97.5 Å². The largest absolute Gasteiger partial charge is 0.472 e. The van der Waals surface area contributed by atoms with Gasteiger partial charge in [-0.25, -0.2) is 9.13 Å². The van der Waals surface area contributed by atoms with Crippen LogP contribution in [0.15, 0.2) is 0 Å². The first kappa shape index (κ1) is 79.1. The average molecular weight is 1200 g/mol. The van der Waals surface area contributed by atoms with Gasteiger partial charge in [-0.2, -0.15) is 0 Å². The number of aliphatic hydroxyl groups excluding tert-OH is 1. The van der Waals surface area contributed by atoms with Crippen LogP contribution in [0.1, 0.15) is 311 Å². The van der Waals surface area contributed by atoms with Crippen LogP contribution in [0.5, 0.6) is 0 Å². The predicted octanol–water partition coefficient (Wildman–Crippen LogP) is 17.0. The van der Waals surface area contributed by atoms with E-state index in [1.54, 1.807) is 0 Å². The number of unbranched alkanes of at least 4 members (excludes halogenated alkanes) is 34. The lowest BCUT2D eigenvalue weighted by molar-refractivity contribution is -0.161. The molecule has 0 saturated heterocycles. The van der Waals surface area contributed by atoms with Gasteiger partial charge in [-0.05, 0) is 31.6 Å². The molecule has 5 atom stereocenters. The number of carbonyl (C=O) groups is 4. The van der Waals surface area contributed by atoms with E-state index in [1.807, 2.05) is 0 Å². The van der Waals surface area contributed by atoms with Crippen molar-refractivity contribution in [3.63, 3.8) is 0 Å². The molecule has 2 unspecified atom stereocenters. The van der Waals surface area contributed by atoms with Gasteiger partial charge in [0, 0.05) is 25.7 Å². The molecule has 0 radical (unpaired) electrons. The van der Waals surface area contributed by atoms with Crippen molar-refractivity contribution in [3.8, 4) is 0 Å². The molecule has 0 heterocycles. The summed E-state index contributed by atoms with van der Waals surface area (Å²) in [5.74, 6) is -1.46. The Labute approximate surface area is 492 Å². The molecule has 480 valence electrons. The lowest BCUT2D eigenvalue weighted by atomic mass is 10.0. The summed E-state index contributed by atoms with van der Waals surface area (Å²) in [5.41, 5.74) is 0. The molecule has 0 aliphatic heterocycles. The summed E-state index contributed by atoms with van der Waals surface area (Å²) in [6.45, 7) is 7.06. The average Bonchev–Trinajstić information content (AvgIpc) is 3.44. The molecule has 0 aromatic carbocycles. The van der Waals surface area contributed by atoms with Crippen LogP contribution in [0.25, 0.3) is 0 Å². The van der Waals surface area contributed by atoms with E-state index in [-0.39, 0.29) is 25.7 Å². The fourth-order valence-corrected chi connectivity index (χ4v) is 10.8. The molecule has 81 heavy (non-hydrogen) atoms. The Hall–Kier alpha value is -1.94. The van der Waals surface area contributed by atoms with Crippen molar-refractivity contribution in [2.75, 3.05) is 39.6 Å². The summed E-state index contributed by atoms with van der Waals surface area (Å²) >= 11 is 0. The second-order valence-corrected chi connectivity index (χ2v) is 25.8.